The Balaban J connectivity index is 1.50. The van der Waals surface area contributed by atoms with Crippen molar-refractivity contribution in [2.75, 3.05) is 42.6 Å². The Kier molecular flexibility index (Phi) is 5.76. The molecular formula is C24H29N3O4. The molecule has 0 atom stereocenters. The number of carbonyl (C=O) groups excluding carboxylic acids is 2. The number of hydrogen-bond donors (Lipinski definition) is 0. The number of anilines is 2. The van der Waals surface area contributed by atoms with Crippen LogP contribution >= 0.6 is 0 Å². The van der Waals surface area contributed by atoms with Crippen LogP contribution in [0.5, 0.6) is 5.75 Å². The highest BCUT2D eigenvalue weighted by Gasteiger charge is 2.31. The SMILES string of the molecule is CC(C)(C)OC(=O)N1CCN(c2cccc3c2OCC(=O)N3Cc2ccccc2)CC1. The quantitative estimate of drug-likeness (QED) is 0.754. The zero-order valence-corrected chi connectivity index (χ0v) is 18.3. The molecule has 0 radical (unpaired) electrons. The second-order valence-electron chi connectivity index (χ2n) is 8.83. The Labute approximate surface area is 183 Å². The minimum Gasteiger partial charge on any atom is -0.479 e. The highest BCUT2D eigenvalue weighted by Crippen LogP contribution is 2.41. The minimum atomic E-state index is -0.505. The molecule has 2 aliphatic rings. The van der Waals surface area contributed by atoms with Gasteiger partial charge in [-0.05, 0) is 38.5 Å². The largest absolute Gasteiger partial charge is 0.479 e. The lowest BCUT2D eigenvalue weighted by atomic mass is 10.1. The van der Waals surface area contributed by atoms with E-state index in [4.69, 9.17) is 9.47 Å². The summed E-state index contributed by atoms with van der Waals surface area (Å²) in [5, 5.41) is 0. The van der Waals surface area contributed by atoms with Gasteiger partial charge in [-0.3, -0.25) is 4.79 Å². The van der Waals surface area contributed by atoms with Gasteiger partial charge in [-0.1, -0.05) is 36.4 Å². The van der Waals surface area contributed by atoms with Crippen molar-refractivity contribution in [1.29, 1.82) is 0 Å². The molecule has 0 bridgehead atoms. The van der Waals surface area contributed by atoms with Crippen LogP contribution in [-0.4, -0.2) is 55.3 Å². The molecule has 2 aromatic carbocycles. The van der Waals surface area contributed by atoms with Gasteiger partial charge in [0.2, 0.25) is 0 Å². The predicted octanol–water partition coefficient (Wildman–Crippen LogP) is 3.67. The van der Waals surface area contributed by atoms with Crippen LogP contribution < -0.4 is 14.5 Å². The van der Waals surface area contributed by atoms with E-state index < -0.39 is 5.60 Å². The maximum absolute atomic E-state index is 12.6. The van der Waals surface area contributed by atoms with Gasteiger partial charge in [-0.25, -0.2) is 4.79 Å². The van der Waals surface area contributed by atoms with Crippen LogP contribution in [0.15, 0.2) is 48.5 Å². The summed E-state index contributed by atoms with van der Waals surface area (Å²) < 4.78 is 11.4. The maximum Gasteiger partial charge on any atom is 0.410 e. The summed E-state index contributed by atoms with van der Waals surface area (Å²) in [4.78, 5) is 30.7. The third kappa shape index (κ3) is 4.76. The molecule has 31 heavy (non-hydrogen) atoms. The lowest BCUT2D eigenvalue weighted by Crippen LogP contribution is -2.50. The zero-order chi connectivity index (χ0) is 22.0. The molecular weight excluding hydrogens is 394 g/mol. The van der Waals surface area contributed by atoms with Crippen molar-refractivity contribution in [2.45, 2.75) is 32.9 Å². The normalized spacial score (nSPS) is 16.6. The molecule has 2 aliphatic heterocycles. The standard InChI is InChI=1S/C24H29N3O4/c1-24(2,3)31-23(29)26-14-12-25(13-15-26)19-10-7-11-20-22(19)30-17-21(28)27(20)16-18-8-5-4-6-9-18/h4-11H,12-17H2,1-3H3. The summed E-state index contributed by atoms with van der Waals surface area (Å²) in [5.41, 5.74) is 2.30. The predicted molar refractivity (Wildman–Crippen MR) is 120 cm³/mol. The Bertz CT molecular complexity index is 947. The van der Waals surface area contributed by atoms with E-state index in [-0.39, 0.29) is 18.6 Å². The van der Waals surface area contributed by atoms with Crippen molar-refractivity contribution in [1.82, 2.24) is 4.90 Å². The first-order chi connectivity index (χ1) is 14.8. The summed E-state index contributed by atoms with van der Waals surface area (Å²) in [6, 6.07) is 15.8. The van der Waals surface area contributed by atoms with Crippen LogP contribution in [0.3, 0.4) is 0 Å². The fourth-order valence-electron chi connectivity index (χ4n) is 3.86. The van der Waals surface area contributed by atoms with Crippen LogP contribution in [0.25, 0.3) is 0 Å². The van der Waals surface area contributed by atoms with Gasteiger partial charge in [-0.15, -0.1) is 0 Å². The second kappa shape index (κ2) is 8.49. The molecule has 0 saturated carbocycles. The van der Waals surface area contributed by atoms with Gasteiger partial charge in [0, 0.05) is 26.2 Å². The average Bonchev–Trinajstić information content (AvgIpc) is 2.75. The number of carbonyl (C=O) groups is 2. The summed E-state index contributed by atoms with van der Waals surface area (Å²) in [6.07, 6.45) is -0.280. The van der Waals surface area contributed by atoms with Crippen LogP contribution in [0, 0.1) is 0 Å². The Morgan fingerprint density at radius 1 is 0.968 bits per heavy atom. The number of nitrogens with zero attached hydrogens (tertiary/aromatic N) is 3. The third-order valence-corrected chi connectivity index (χ3v) is 5.36. The van der Waals surface area contributed by atoms with E-state index >= 15 is 0 Å². The van der Waals surface area contributed by atoms with E-state index in [0.29, 0.717) is 32.7 Å². The second-order valence-corrected chi connectivity index (χ2v) is 8.83. The fourth-order valence-corrected chi connectivity index (χ4v) is 3.86. The highest BCUT2D eigenvalue weighted by molar-refractivity contribution is 5.99. The molecule has 0 aromatic heterocycles. The average molecular weight is 424 g/mol. The minimum absolute atomic E-state index is 0.0225. The number of para-hydroxylation sites is 1. The van der Waals surface area contributed by atoms with Crippen molar-refractivity contribution < 1.29 is 19.1 Å². The summed E-state index contributed by atoms with van der Waals surface area (Å²) in [5.74, 6) is 0.673. The number of amides is 2. The van der Waals surface area contributed by atoms with Crippen molar-refractivity contribution in [3.8, 4) is 5.75 Å². The van der Waals surface area contributed by atoms with E-state index in [0.717, 1.165) is 22.7 Å². The zero-order valence-electron chi connectivity index (χ0n) is 18.3. The van der Waals surface area contributed by atoms with Gasteiger partial charge >= 0.3 is 6.09 Å². The smallest absolute Gasteiger partial charge is 0.410 e. The first-order valence-corrected chi connectivity index (χ1v) is 10.6. The van der Waals surface area contributed by atoms with Crippen LogP contribution in [0.1, 0.15) is 26.3 Å². The number of ether oxygens (including phenoxy) is 2. The van der Waals surface area contributed by atoms with Crippen molar-refractivity contribution in [2.24, 2.45) is 0 Å². The molecule has 0 unspecified atom stereocenters. The van der Waals surface area contributed by atoms with Crippen LogP contribution in [0.4, 0.5) is 16.2 Å². The van der Waals surface area contributed by atoms with Gasteiger partial charge in [0.05, 0.1) is 17.9 Å². The first-order valence-electron chi connectivity index (χ1n) is 10.6. The Morgan fingerprint density at radius 3 is 2.32 bits per heavy atom. The molecule has 1 saturated heterocycles. The Hall–Kier alpha value is -3.22. The van der Waals surface area contributed by atoms with Crippen molar-refractivity contribution in [3.63, 3.8) is 0 Å². The topological polar surface area (TPSA) is 62.3 Å². The molecule has 1 fully saturated rings. The van der Waals surface area contributed by atoms with E-state index in [9.17, 15) is 9.59 Å². The van der Waals surface area contributed by atoms with Gasteiger partial charge in [0.25, 0.3) is 5.91 Å². The number of fused-ring (bicyclic) bond motifs is 1. The molecule has 164 valence electrons. The van der Waals surface area contributed by atoms with E-state index in [1.165, 1.54) is 0 Å². The van der Waals surface area contributed by atoms with Crippen LogP contribution in [0.2, 0.25) is 0 Å². The maximum atomic E-state index is 12.6. The summed E-state index contributed by atoms with van der Waals surface area (Å²) in [7, 11) is 0. The molecule has 7 heteroatoms. The molecule has 7 nitrogen and oxygen atoms in total. The van der Waals surface area contributed by atoms with Crippen LogP contribution in [-0.2, 0) is 16.1 Å². The number of hydrogen-bond acceptors (Lipinski definition) is 5. The number of benzene rings is 2. The van der Waals surface area contributed by atoms with Crippen molar-refractivity contribution in [3.05, 3.63) is 54.1 Å². The first kappa shape index (κ1) is 21.0. The molecule has 2 aromatic rings. The van der Waals surface area contributed by atoms with E-state index in [1.807, 2.05) is 69.3 Å². The van der Waals surface area contributed by atoms with E-state index in [1.54, 1.807) is 9.80 Å². The number of rotatable bonds is 3. The lowest BCUT2D eigenvalue weighted by molar-refractivity contribution is -0.121. The number of piperazine rings is 1. The molecule has 0 N–H and O–H groups in total. The van der Waals surface area contributed by atoms with Crippen molar-refractivity contribution >= 4 is 23.4 Å². The Morgan fingerprint density at radius 2 is 1.65 bits per heavy atom. The third-order valence-electron chi connectivity index (χ3n) is 5.36. The fraction of sp³-hybridized carbons (Fsp3) is 0.417. The molecule has 0 spiro atoms. The summed E-state index contributed by atoms with van der Waals surface area (Å²) >= 11 is 0. The molecule has 2 amide bonds. The molecule has 2 heterocycles. The lowest BCUT2D eigenvalue weighted by Gasteiger charge is -2.39. The van der Waals surface area contributed by atoms with Gasteiger partial charge in [0.1, 0.15) is 5.60 Å². The molecule has 4 rings (SSSR count). The van der Waals surface area contributed by atoms with Gasteiger partial charge < -0.3 is 24.2 Å². The monoisotopic (exact) mass is 423 g/mol. The van der Waals surface area contributed by atoms with E-state index in [2.05, 4.69) is 4.90 Å². The summed E-state index contributed by atoms with van der Waals surface area (Å²) in [6.45, 7) is 8.64. The molecule has 0 aliphatic carbocycles. The van der Waals surface area contributed by atoms with Gasteiger partial charge in [-0.2, -0.15) is 0 Å². The highest BCUT2D eigenvalue weighted by atomic mass is 16.6. The van der Waals surface area contributed by atoms with Gasteiger partial charge in [0.15, 0.2) is 12.4 Å².